The zero-order valence-corrected chi connectivity index (χ0v) is 10.8. The highest BCUT2D eigenvalue weighted by Gasteiger charge is 2.32. The standard InChI is InChI=1S/C15H14N2O3/c18-17(19)14-9-5-4-8-13(14)15-16(10-11-20-15)12-6-2-1-3-7-12/h1-9,15H,10-11H2. The number of nitro groups is 1. The third-order valence-corrected chi connectivity index (χ3v) is 3.38. The summed E-state index contributed by atoms with van der Waals surface area (Å²) in [7, 11) is 0. The molecule has 5 heteroatoms. The van der Waals surface area contributed by atoms with Crippen molar-refractivity contribution < 1.29 is 9.66 Å². The Balaban J connectivity index is 1.99. The van der Waals surface area contributed by atoms with Crippen LogP contribution in [0.15, 0.2) is 54.6 Å². The maximum absolute atomic E-state index is 11.2. The highest BCUT2D eigenvalue weighted by molar-refractivity contribution is 5.52. The van der Waals surface area contributed by atoms with Crippen LogP contribution in [0.2, 0.25) is 0 Å². The van der Waals surface area contributed by atoms with E-state index in [0.717, 1.165) is 12.2 Å². The number of rotatable bonds is 3. The molecule has 0 saturated carbocycles. The van der Waals surface area contributed by atoms with Gasteiger partial charge in [0.2, 0.25) is 0 Å². The molecule has 3 rings (SSSR count). The first-order chi connectivity index (χ1) is 9.77. The number of hydrogen-bond acceptors (Lipinski definition) is 4. The second kappa shape index (κ2) is 5.30. The van der Waals surface area contributed by atoms with Crippen LogP contribution in [0.4, 0.5) is 11.4 Å². The van der Waals surface area contributed by atoms with Gasteiger partial charge in [0.25, 0.3) is 5.69 Å². The van der Waals surface area contributed by atoms with Crippen LogP contribution in [0.1, 0.15) is 11.8 Å². The summed E-state index contributed by atoms with van der Waals surface area (Å²) in [5.74, 6) is 0. The Morgan fingerprint density at radius 1 is 1.10 bits per heavy atom. The van der Waals surface area contributed by atoms with E-state index in [0.29, 0.717) is 12.2 Å². The van der Waals surface area contributed by atoms with Crippen LogP contribution in [0.5, 0.6) is 0 Å². The summed E-state index contributed by atoms with van der Waals surface area (Å²) >= 11 is 0. The van der Waals surface area contributed by atoms with Crippen molar-refractivity contribution in [2.24, 2.45) is 0 Å². The molecule has 1 atom stereocenters. The molecule has 20 heavy (non-hydrogen) atoms. The zero-order valence-electron chi connectivity index (χ0n) is 10.8. The molecule has 2 aromatic rings. The molecule has 1 unspecified atom stereocenters. The zero-order chi connectivity index (χ0) is 13.9. The fraction of sp³-hybridized carbons (Fsp3) is 0.200. The van der Waals surface area contributed by atoms with Crippen LogP contribution in [0, 0.1) is 10.1 Å². The molecule has 0 N–H and O–H groups in total. The molecule has 0 spiro atoms. The smallest absolute Gasteiger partial charge is 0.277 e. The van der Waals surface area contributed by atoms with Gasteiger partial charge in [0.05, 0.1) is 17.1 Å². The highest BCUT2D eigenvalue weighted by Crippen LogP contribution is 2.36. The van der Waals surface area contributed by atoms with E-state index in [9.17, 15) is 10.1 Å². The van der Waals surface area contributed by atoms with E-state index in [1.807, 2.05) is 35.2 Å². The lowest BCUT2D eigenvalue weighted by atomic mass is 10.1. The SMILES string of the molecule is O=[N+]([O-])c1ccccc1C1OCCN1c1ccccc1. The van der Waals surface area contributed by atoms with Gasteiger partial charge in [-0.1, -0.05) is 30.3 Å². The first-order valence-corrected chi connectivity index (χ1v) is 6.44. The van der Waals surface area contributed by atoms with Gasteiger partial charge in [0.1, 0.15) is 0 Å². The van der Waals surface area contributed by atoms with Crippen molar-refractivity contribution >= 4 is 11.4 Å². The van der Waals surface area contributed by atoms with Crippen molar-refractivity contribution in [3.05, 3.63) is 70.3 Å². The summed E-state index contributed by atoms with van der Waals surface area (Å²) in [5.41, 5.74) is 1.70. The van der Waals surface area contributed by atoms with Gasteiger partial charge in [-0.25, -0.2) is 0 Å². The van der Waals surface area contributed by atoms with Gasteiger partial charge in [-0.2, -0.15) is 0 Å². The largest absolute Gasteiger partial charge is 0.352 e. The van der Waals surface area contributed by atoms with Gasteiger partial charge in [0, 0.05) is 18.3 Å². The van der Waals surface area contributed by atoms with E-state index >= 15 is 0 Å². The van der Waals surface area contributed by atoms with Gasteiger partial charge in [0.15, 0.2) is 6.23 Å². The van der Waals surface area contributed by atoms with Gasteiger partial charge >= 0.3 is 0 Å². The first-order valence-electron chi connectivity index (χ1n) is 6.44. The van der Waals surface area contributed by atoms with Crippen LogP contribution in [-0.2, 0) is 4.74 Å². The molecule has 0 aromatic heterocycles. The van der Waals surface area contributed by atoms with Crippen molar-refractivity contribution in [3.63, 3.8) is 0 Å². The van der Waals surface area contributed by atoms with Crippen molar-refractivity contribution in [1.29, 1.82) is 0 Å². The van der Waals surface area contributed by atoms with Crippen LogP contribution in [0.3, 0.4) is 0 Å². The molecule has 5 nitrogen and oxygen atoms in total. The monoisotopic (exact) mass is 270 g/mol. The molecule has 1 aliphatic rings. The minimum atomic E-state index is -0.404. The highest BCUT2D eigenvalue weighted by atomic mass is 16.6. The average molecular weight is 270 g/mol. The topological polar surface area (TPSA) is 55.6 Å². The van der Waals surface area contributed by atoms with Crippen LogP contribution in [0.25, 0.3) is 0 Å². The van der Waals surface area contributed by atoms with E-state index in [1.54, 1.807) is 18.2 Å². The Morgan fingerprint density at radius 3 is 2.55 bits per heavy atom. The van der Waals surface area contributed by atoms with Gasteiger partial charge in [-0.15, -0.1) is 0 Å². The summed E-state index contributed by atoms with van der Waals surface area (Å²) < 4.78 is 5.72. The number of nitrogens with zero attached hydrogens (tertiary/aromatic N) is 2. The summed E-state index contributed by atoms with van der Waals surface area (Å²) in [4.78, 5) is 12.8. The molecule has 1 aliphatic heterocycles. The van der Waals surface area contributed by atoms with Gasteiger partial charge in [-0.3, -0.25) is 10.1 Å². The summed E-state index contributed by atoms with van der Waals surface area (Å²) in [5, 5.41) is 11.2. The molecule has 102 valence electrons. The molecule has 2 aromatic carbocycles. The second-order valence-electron chi connectivity index (χ2n) is 4.57. The van der Waals surface area contributed by atoms with Gasteiger partial charge < -0.3 is 9.64 Å². The van der Waals surface area contributed by atoms with Crippen LogP contribution < -0.4 is 4.90 Å². The minimum absolute atomic E-state index is 0.0975. The van der Waals surface area contributed by atoms with E-state index in [-0.39, 0.29) is 10.6 Å². The van der Waals surface area contributed by atoms with Crippen molar-refractivity contribution in [1.82, 2.24) is 0 Å². The predicted octanol–water partition coefficient (Wildman–Crippen LogP) is 3.13. The van der Waals surface area contributed by atoms with Crippen molar-refractivity contribution in [2.75, 3.05) is 18.1 Å². The maximum atomic E-state index is 11.2. The third kappa shape index (κ3) is 2.23. The van der Waals surface area contributed by atoms with Crippen LogP contribution >= 0.6 is 0 Å². The molecule has 0 amide bonds. The normalized spacial score (nSPS) is 18.2. The number of ether oxygens (including phenoxy) is 1. The lowest BCUT2D eigenvalue weighted by Crippen LogP contribution is -2.23. The average Bonchev–Trinajstić information content (AvgIpc) is 2.97. The second-order valence-corrected chi connectivity index (χ2v) is 4.57. The molecular weight excluding hydrogens is 256 g/mol. The lowest BCUT2D eigenvalue weighted by Gasteiger charge is -2.25. The van der Waals surface area contributed by atoms with E-state index in [2.05, 4.69) is 0 Å². The third-order valence-electron chi connectivity index (χ3n) is 3.38. The predicted molar refractivity (Wildman–Crippen MR) is 75.6 cm³/mol. The van der Waals surface area contributed by atoms with Gasteiger partial charge in [-0.05, 0) is 18.2 Å². The Bertz CT molecular complexity index is 616. The molecule has 1 saturated heterocycles. The number of anilines is 1. The summed E-state index contributed by atoms with van der Waals surface area (Å²) in [6, 6.07) is 16.5. The Kier molecular flexibility index (Phi) is 3.35. The quantitative estimate of drug-likeness (QED) is 0.635. The maximum Gasteiger partial charge on any atom is 0.277 e. The van der Waals surface area contributed by atoms with E-state index < -0.39 is 6.23 Å². The Hall–Kier alpha value is -2.40. The van der Waals surface area contributed by atoms with E-state index in [1.165, 1.54) is 6.07 Å². The molecular formula is C15H14N2O3. The minimum Gasteiger partial charge on any atom is -0.352 e. The fourth-order valence-corrected chi connectivity index (χ4v) is 2.47. The van der Waals surface area contributed by atoms with E-state index in [4.69, 9.17) is 4.74 Å². The Morgan fingerprint density at radius 2 is 1.80 bits per heavy atom. The number of hydrogen-bond donors (Lipinski definition) is 0. The summed E-state index contributed by atoms with van der Waals surface area (Å²) in [6.45, 7) is 1.28. The molecule has 1 fully saturated rings. The molecule has 0 bridgehead atoms. The Labute approximate surface area is 116 Å². The lowest BCUT2D eigenvalue weighted by molar-refractivity contribution is -0.386. The first kappa shape index (κ1) is 12.6. The fourth-order valence-electron chi connectivity index (χ4n) is 2.47. The van der Waals surface area contributed by atoms with Crippen molar-refractivity contribution in [2.45, 2.75) is 6.23 Å². The summed E-state index contributed by atoms with van der Waals surface area (Å²) in [6.07, 6.45) is -0.404. The number of nitro benzene ring substituents is 1. The number of para-hydroxylation sites is 2. The molecule has 1 heterocycles. The van der Waals surface area contributed by atoms with Crippen molar-refractivity contribution in [3.8, 4) is 0 Å². The number of benzene rings is 2. The molecule has 0 aliphatic carbocycles. The molecule has 0 radical (unpaired) electrons. The van der Waals surface area contributed by atoms with Crippen LogP contribution in [-0.4, -0.2) is 18.1 Å².